The molecule has 0 fully saturated rings. The molecular weight excluding hydrogens is 196 g/mol. The molecule has 0 radical (unpaired) electrons. The third-order valence-corrected chi connectivity index (χ3v) is 3.60. The molecule has 0 heterocycles. The summed E-state index contributed by atoms with van der Waals surface area (Å²) in [7, 11) is 2.16. The molecular formula is C14H24N2. The number of hydrogen-bond donors (Lipinski definition) is 1. The molecule has 0 aromatic heterocycles. The fourth-order valence-electron chi connectivity index (χ4n) is 1.61. The van der Waals surface area contributed by atoms with Gasteiger partial charge in [0.1, 0.15) is 0 Å². The van der Waals surface area contributed by atoms with Gasteiger partial charge in [-0.05, 0) is 45.9 Å². The van der Waals surface area contributed by atoms with Gasteiger partial charge in [-0.15, -0.1) is 0 Å². The van der Waals surface area contributed by atoms with Crippen molar-refractivity contribution in [2.75, 3.05) is 12.8 Å². The lowest BCUT2D eigenvalue weighted by molar-refractivity contribution is 0.143. The maximum absolute atomic E-state index is 6.00. The van der Waals surface area contributed by atoms with Crippen LogP contribution >= 0.6 is 0 Å². The number of nitrogens with two attached hydrogens (primary N) is 1. The molecule has 2 N–H and O–H groups in total. The van der Waals surface area contributed by atoms with Gasteiger partial charge in [0, 0.05) is 17.8 Å². The van der Waals surface area contributed by atoms with E-state index in [2.05, 4.69) is 51.8 Å². The molecule has 0 aliphatic heterocycles. The van der Waals surface area contributed by atoms with Gasteiger partial charge in [0.15, 0.2) is 0 Å². The van der Waals surface area contributed by atoms with Crippen LogP contribution in [0, 0.1) is 6.92 Å². The molecule has 0 saturated carbocycles. The Balaban J connectivity index is 2.84. The van der Waals surface area contributed by atoms with E-state index in [1.807, 2.05) is 6.07 Å². The Morgan fingerprint density at radius 3 is 2.50 bits per heavy atom. The Kier molecular flexibility index (Phi) is 3.98. The predicted octanol–water partition coefficient (Wildman–Crippen LogP) is 3.20. The lowest BCUT2D eigenvalue weighted by atomic mass is 9.98. The molecule has 0 unspecified atom stereocenters. The number of aryl methyl sites for hydroxylation is 1. The number of nitrogen functional groups attached to an aromatic ring is 1. The van der Waals surface area contributed by atoms with Crippen molar-refractivity contribution in [2.45, 2.75) is 46.2 Å². The SMILES string of the molecule is CCC(C)(C)N(C)Cc1cc(C)ccc1N. The minimum absolute atomic E-state index is 0.218. The molecule has 1 aromatic carbocycles. The zero-order chi connectivity index (χ0) is 12.3. The van der Waals surface area contributed by atoms with Crippen molar-refractivity contribution in [1.29, 1.82) is 0 Å². The van der Waals surface area contributed by atoms with Gasteiger partial charge in [-0.1, -0.05) is 24.6 Å². The topological polar surface area (TPSA) is 29.3 Å². The molecule has 2 heteroatoms. The first-order valence-corrected chi connectivity index (χ1v) is 5.93. The van der Waals surface area contributed by atoms with Gasteiger partial charge in [0.05, 0.1) is 0 Å². The van der Waals surface area contributed by atoms with Crippen LogP contribution in [0.4, 0.5) is 5.69 Å². The summed E-state index contributed by atoms with van der Waals surface area (Å²) in [6, 6.07) is 6.23. The maximum Gasteiger partial charge on any atom is 0.0359 e. The van der Waals surface area contributed by atoms with Crippen LogP contribution in [0.5, 0.6) is 0 Å². The molecule has 90 valence electrons. The van der Waals surface area contributed by atoms with Gasteiger partial charge in [-0.25, -0.2) is 0 Å². The van der Waals surface area contributed by atoms with Crippen molar-refractivity contribution in [2.24, 2.45) is 0 Å². The molecule has 0 saturated heterocycles. The zero-order valence-corrected chi connectivity index (χ0v) is 11.2. The Bertz CT molecular complexity index is 356. The Morgan fingerprint density at radius 1 is 1.31 bits per heavy atom. The minimum Gasteiger partial charge on any atom is -0.398 e. The number of rotatable bonds is 4. The average Bonchev–Trinajstić information content (AvgIpc) is 2.23. The van der Waals surface area contributed by atoms with E-state index in [4.69, 9.17) is 5.73 Å². The van der Waals surface area contributed by atoms with E-state index in [1.165, 1.54) is 11.1 Å². The lowest BCUT2D eigenvalue weighted by Crippen LogP contribution is -2.39. The van der Waals surface area contributed by atoms with Crippen LogP contribution in [0.15, 0.2) is 18.2 Å². The number of nitrogens with zero attached hydrogens (tertiary/aromatic N) is 1. The third kappa shape index (κ3) is 2.99. The molecule has 0 aliphatic carbocycles. The van der Waals surface area contributed by atoms with E-state index >= 15 is 0 Å². The highest BCUT2D eigenvalue weighted by Crippen LogP contribution is 2.22. The van der Waals surface area contributed by atoms with Crippen LogP contribution in [0.2, 0.25) is 0 Å². The van der Waals surface area contributed by atoms with Gasteiger partial charge in [0.2, 0.25) is 0 Å². The van der Waals surface area contributed by atoms with Crippen molar-refractivity contribution in [3.8, 4) is 0 Å². The van der Waals surface area contributed by atoms with Gasteiger partial charge in [-0.2, -0.15) is 0 Å². The molecule has 0 aliphatic rings. The predicted molar refractivity (Wildman–Crippen MR) is 71.4 cm³/mol. The van der Waals surface area contributed by atoms with Crippen LogP contribution in [0.25, 0.3) is 0 Å². The summed E-state index contributed by atoms with van der Waals surface area (Å²) in [5, 5.41) is 0. The first-order valence-electron chi connectivity index (χ1n) is 5.93. The van der Waals surface area contributed by atoms with Crippen molar-refractivity contribution >= 4 is 5.69 Å². The standard InChI is InChI=1S/C14H24N2/c1-6-14(3,4)16(5)10-12-9-11(2)7-8-13(12)15/h7-9H,6,10,15H2,1-5H3. The normalized spacial score (nSPS) is 12.1. The second kappa shape index (κ2) is 4.88. The van der Waals surface area contributed by atoms with E-state index < -0.39 is 0 Å². The monoisotopic (exact) mass is 220 g/mol. The molecule has 1 rings (SSSR count). The summed E-state index contributed by atoms with van der Waals surface area (Å²) in [5.74, 6) is 0. The zero-order valence-electron chi connectivity index (χ0n) is 11.2. The van der Waals surface area contributed by atoms with Gasteiger partial charge >= 0.3 is 0 Å². The van der Waals surface area contributed by atoms with Crippen LogP contribution < -0.4 is 5.73 Å². The molecule has 16 heavy (non-hydrogen) atoms. The Labute approximate surface area is 99.5 Å². The number of anilines is 1. The molecule has 0 spiro atoms. The second-order valence-electron chi connectivity index (χ2n) is 5.22. The van der Waals surface area contributed by atoms with E-state index in [9.17, 15) is 0 Å². The lowest BCUT2D eigenvalue weighted by Gasteiger charge is -2.35. The third-order valence-electron chi connectivity index (χ3n) is 3.60. The van der Waals surface area contributed by atoms with Gasteiger partial charge in [-0.3, -0.25) is 4.90 Å². The summed E-state index contributed by atoms with van der Waals surface area (Å²) >= 11 is 0. The fourth-order valence-corrected chi connectivity index (χ4v) is 1.61. The molecule has 1 aromatic rings. The van der Waals surface area contributed by atoms with Crippen molar-refractivity contribution in [3.63, 3.8) is 0 Å². The van der Waals surface area contributed by atoms with E-state index in [-0.39, 0.29) is 5.54 Å². The first kappa shape index (κ1) is 13.0. The van der Waals surface area contributed by atoms with E-state index in [1.54, 1.807) is 0 Å². The highest BCUT2D eigenvalue weighted by Gasteiger charge is 2.21. The van der Waals surface area contributed by atoms with Crippen molar-refractivity contribution < 1.29 is 0 Å². The summed E-state index contributed by atoms with van der Waals surface area (Å²) < 4.78 is 0. The second-order valence-corrected chi connectivity index (χ2v) is 5.22. The molecule has 0 bridgehead atoms. The number of benzene rings is 1. The minimum atomic E-state index is 0.218. The smallest absolute Gasteiger partial charge is 0.0359 e. The summed E-state index contributed by atoms with van der Waals surface area (Å²) in [6.45, 7) is 9.76. The first-order chi connectivity index (χ1) is 7.36. The quantitative estimate of drug-likeness (QED) is 0.790. The molecule has 0 amide bonds. The average molecular weight is 220 g/mol. The van der Waals surface area contributed by atoms with Crippen molar-refractivity contribution in [1.82, 2.24) is 4.90 Å². The van der Waals surface area contributed by atoms with Gasteiger partial charge in [0.25, 0.3) is 0 Å². The van der Waals surface area contributed by atoms with Crippen LogP contribution in [0.1, 0.15) is 38.3 Å². The maximum atomic E-state index is 6.00. The Hall–Kier alpha value is -1.02. The van der Waals surface area contributed by atoms with E-state index in [0.717, 1.165) is 18.7 Å². The van der Waals surface area contributed by atoms with Crippen LogP contribution in [-0.2, 0) is 6.54 Å². The summed E-state index contributed by atoms with van der Waals surface area (Å²) in [6.07, 6.45) is 1.13. The van der Waals surface area contributed by atoms with Gasteiger partial charge < -0.3 is 5.73 Å². The van der Waals surface area contributed by atoms with Crippen molar-refractivity contribution in [3.05, 3.63) is 29.3 Å². The van der Waals surface area contributed by atoms with E-state index in [0.29, 0.717) is 0 Å². The molecule has 0 atom stereocenters. The van der Waals surface area contributed by atoms with Crippen LogP contribution in [0.3, 0.4) is 0 Å². The largest absolute Gasteiger partial charge is 0.398 e. The summed E-state index contributed by atoms with van der Waals surface area (Å²) in [4.78, 5) is 2.36. The number of hydrogen-bond acceptors (Lipinski definition) is 2. The summed E-state index contributed by atoms with van der Waals surface area (Å²) in [5.41, 5.74) is 9.60. The highest BCUT2D eigenvalue weighted by molar-refractivity contribution is 5.48. The van der Waals surface area contributed by atoms with Crippen LogP contribution in [-0.4, -0.2) is 17.5 Å². The fraction of sp³-hybridized carbons (Fsp3) is 0.571. The Morgan fingerprint density at radius 2 is 1.94 bits per heavy atom. The molecule has 2 nitrogen and oxygen atoms in total. The highest BCUT2D eigenvalue weighted by atomic mass is 15.2.